The number of methoxy groups -OCH3 is 1. The smallest absolute Gasteiger partial charge is 0.358 e. The minimum absolute atomic E-state index is 0.0473. The van der Waals surface area contributed by atoms with E-state index in [0.717, 1.165) is 0 Å². The average Bonchev–Trinajstić information content (AvgIpc) is 2.88. The standard InChI is InChI=1S/C10H9N5O3/c1-18-10(17)7-3-12-4-8(14-7)15-5-6(2-13-15)9(11)16/h2-5H,1H3,(H2,11,16). The fourth-order valence-corrected chi connectivity index (χ4v) is 1.24. The van der Waals surface area contributed by atoms with E-state index in [1.165, 1.54) is 36.6 Å². The van der Waals surface area contributed by atoms with E-state index in [1.54, 1.807) is 0 Å². The molecule has 2 N–H and O–H groups in total. The van der Waals surface area contributed by atoms with E-state index in [0.29, 0.717) is 0 Å². The van der Waals surface area contributed by atoms with Crippen LogP contribution in [0.25, 0.3) is 5.82 Å². The maximum absolute atomic E-state index is 11.3. The number of ether oxygens (including phenoxy) is 1. The Morgan fingerprint density at radius 3 is 2.72 bits per heavy atom. The molecule has 0 saturated heterocycles. The molecule has 0 fully saturated rings. The third-order valence-corrected chi connectivity index (χ3v) is 2.12. The summed E-state index contributed by atoms with van der Waals surface area (Å²) in [7, 11) is 1.25. The van der Waals surface area contributed by atoms with Crippen LogP contribution in [0.4, 0.5) is 0 Å². The highest BCUT2D eigenvalue weighted by atomic mass is 16.5. The molecule has 8 heteroatoms. The van der Waals surface area contributed by atoms with Gasteiger partial charge in [-0.2, -0.15) is 5.10 Å². The van der Waals surface area contributed by atoms with Crippen molar-refractivity contribution in [3.63, 3.8) is 0 Å². The number of nitrogens with two attached hydrogens (primary N) is 1. The molecule has 18 heavy (non-hydrogen) atoms. The lowest BCUT2D eigenvalue weighted by Gasteiger charge is -2.01. The van der Waals surface area contributed by atoms with E-state index >= 15 is 0 Å². The Labute approximate surface area is 101 Å². The van der Waals surface area contributed by atoms with Crippen LogP contribution >= 0.6 is 0 Å². The quantitative estimate of drug-likeness (QED) is 0.735. The molecule has 0 bridgehead atoms. The Balaban J connectivity index is 2.38. The summed E-state index contributed by atoms with van der Waals surface area (Å²) in [5, 5.41) is 3.90. The number of primary amides is 1. The molecule has 0 radical (unpaired) electrons. The molecule has 0 atom stereocenters. The van der Waals surface area contributed by atoms with Crippen LogP contribution in [-0.2, 0) is 4.74 Å². The maximum Gasteiger partial charge on any atom is 0.358 e. The second-order valence-corrected chi connectivity index (χ2v) is 3.29. The normalized spacial score (nSPS) is 10.1. The number of amides is 1. The topological polar surface area (TPSA) is 113 Å². The first-order valence-corrected chi connectivity index (χ1v) is 4.87. The largest absolute Gasteiger partial charge is 0.464 e. The molecule has 8 nitrogen and oxygen atoms in total. The molecule has 92 valence electrons. The second kappa shape index (κ2) is 4.62. The van der Waals surface area contributed by atoms with E-state index in [2.05, 4.69) is 19.8 Å². The fourth-order valence-electron chi connectivity index (χ4n) is 1.24. The molecule has 0 aliphatic heterocycles. The molecular formula is C10H9N5O3. The lowest BCUT2D eigenvalue weighted by atomic mass is 10.3. The lowest BCUT2D eigenvalue weighted by Crippen LogP contribution is -2.10. The summed E-state index contributed by atoms with van der Waals surface area (Å²) in [6, 6.07) is 0. The highest BCUT2D eigenvalue weighted by molar-refractivity contribution is 5.92. The molecule has 0 aliphatic carbocycles. The molecule has 0 spiro atoms. The molecule has 0 unspecified atom stereocenters. The van der Waals surface area contributed by atoms with Gasteiger partial charge in [-0.05, 0) is 0 Å². The van der Waals surface area contributed by atoms with E-state index in [9.17, 15) is 9.59 Å². The predicted octanol–water partition coefficient (Wildman–Crippen LogP) is -0.452. The van der Waals surface area contributed by atoms with E-state index < -0.39 is 11.9 Å². The SMILES string of the molecule is COC(=O)c1cncc(-n2cc(C(N)=O)cn2)n1. The summed E-state index contributed by atoms with van der Waals surface area (Å²) in [5.41, 5.74) is 5.39. The van der Waals surface area contributed by atoms with Gasteiger partial charge < -0.3 is 10.5 Å². The molecule has 0 saturated carbocycles. The van der Waals surface area contributed by atoms with Crippen LogP contribution in [0, 0.1) is 0 Å². The number of carbonyl (C=O) groups excluding carboxylic acids is 2. The first-order valence-electron chi connectivity index (χ1n) is 4.87. The Morgan fingerprint density at radius 2 is 2.11 bits per heavy atom. The summed E-state index contributed by atoms with van der Waals surface area (Å²) < 4.78 is 5.82. The van der Waals surface area contributed by atoms with Crippen LogP contribution < -0.4 is 5.73 Å². The van der Waals surface area contributed by atoms with Crippen molar-refractivity contribution >= 4 is 11.9 Å². The molecule has 2 aromatic rings. The first kappa shape index (κ1) is 11.7. The van der Waals surface area contributed by atoms with Crippen molar-refractivity contribution in [1.29, 1.82) is 0 Å². The van der Waals surface area contributed by atoms with Crippen LogP contribution in [0.2, 0.25) is 0 Å². The Kier molecular flexibility index (Phi) is 3.00. The Morgan fingerprint density at radius 1 is 1.33 bits per heavy atom. The van der Waals surface area contributed by atoms with Crippen LogP contribution in [0.15, 0.2) is 24.8 Å². The number of esters is 1. The van der Waals surface area contributed by atoms with Gasteiger partial charge in [0.1, 0.15) is 0 Å². The van der Waals surface area contributed by atoms with Crippen molar-refractivity contribution in [3.8, 4) is 5.82 Å². The van der Waals surface area contributed by atoms with Crippen molar-refractivity contribution in [1.82, 2.24) is 19.7 Å². The van der Waals surface area contributed by atoms with Gasteiger partial charge in [0, 0.05) is 6.20 Å². The third kappa shape index (κ3) is 2.17. The molecule has 1 amide bonds. The second-order valence-electron chi connectivity index (χ2n) is 3.29. The first-order chi connectivity index (χ1) is 8.61. The zero-order chi connectivity index (χ0) is 13.1. The zero-order valence-electron chi connectivity index (χ0n) is 9.40. The Hall–Kier alpha value is -2.77. The summed E-state index contributed by atoms with van der Waals surface area (Å²) in [6.07, 6.45) is 5.36. The maximum atomic E-state index is 11.3. The molecule has 0 aromatic carbocycles. The van der Waals surface area contributed by atoms with Gasteiger partial charge in [-0.25, -0.2) is 14.5 Å². The van der Waals surface area contributed by atoms with Crippen molar-refractivity contribution in [2.75, 3.05) is 7.11 Å². The summed E-state index contributed by atoms with van der Waals surface area (Å²) in [4.78, 5) is 30.0. The van der Waals surface area contributed by atoms with E-state index in [1.807, 2.05) is 0 Å². The van der Waals surface area contributed by atoms with Crippen LogP contribution in [0.3, 0.4) is 0 Å². The summed E-state index contributed by atoms with van der Waals surface area (Å²) in [5.74, 6) is -0.921. The lowest BCUT2D eigenvalue weighted by molar-refractivity contribution is 0.0593. The number of rotatable bonds is 3. The third-order valence-electron chi connectivity index (χ3n) is 2.12. The van der Waals surface area contributed by atoms with Crippen molar-refractivity contribution in [2.24, 2.45) is 5.73 Å². The minimum Gasteiger partial charge on any atom is -0.464 e. The summed E-state index contributed by atoms with van der Waals surface area (Å²) >= 11 is 0. The fraction of sp³-hybridized carbons (Fsp3) is 0.100. The van der Waals surface area contributed by atoms with Crippen molar-refractivity contribution in [3.05, 3.63) is 36.0 Å². The van der Waals surface area contributed by atoms with Gasteiger partial charge in [-0.1, -0.05) is 0 Å². The number of aromatic nitrogens is 4. The predicted molar refractivity (Wildman–Crippen MR) is 59.0 cm³/mol. The van der Waals surface area contributed by atoms with Gasteiger partial charge in [0.05, 0.1) is 31.3 Å². The van der Waals surface area contributed by atoms with Crippen molar-refractivity contribution in [2.45, 2.75) is 0 Å². The van der Waals surface area contributed by atoms with Gasteiger partial charge >= 0.3 is 5.97 Å². The van der Waals surface area contributed by atoms with Gasteiger partial charge in [0.15, 0.2) is 11.5 Å². The Bertz CT molecular complexity index is 607. The highest BCUT2D eigenvalue weighted by Gasteiger charge is 2.11. The van der Waals surface area contributed by atoms with Gasteiger partial charge in [-0.15, -0.1) is 0 Å². The zero-order valence-corrected chi connectivity index (χ0v) is 9.40. The van der Waals surface area contributed by atoms with Gasteiger partial charge in [0.2, 0.25) is 0 Å². The molecular weight excluding hydrogens is 238 g/mol. The number of carbonyl (C=O) groups is 2. The van der Waals surface area contributed by atoms with E-state index in [-0.39, 0.29) is 17.1 Å². The summed E-state index contributed by atoms with van der Waals surface area (Å²) in [6.45, 7) is 0. The molecule has 2 heterocycles. The van der Waals surface area contributed by atoms with Crippen LogP contribution in [0.5, 0.6) is 0 Å². The number of hydrogen-bond donors (Lipinski definition) is 1. The number of hydrogen-bond acceptors (Lipinski definition) is 6. The minimum atomic E-state index is -0.605. The molecule has 0 aliphatic rings. The van der Waals surface area contributed by atoms with Crippen LogP contribution in [-0.4, -0.2) is 38.7 Å². The highest BCUT2D eigenvalue weighted by Crippen LogP contribution is 2.05. The van der Waals surface area contributed by atoms with Crippen LogP contribution in [0.1, 0.15) is 20.8 Å². The monoisotopic (exact) mass is 247 g/mol. The molecule has 2 aromatic heterocycles. The number of nitrogens with zero attached hydrogens (tertiary/aromatic N) is 4. The van der Waals surface area contributed by atoms with Gasteiger partial charge in [0.25, 0.3) is 5.91 Å². The van der Waals surface area contributed by atoms with Crippen molar-refractivity contribution < 1.29 is 14.3 Å². The average molecular weight is 247 g/mol. The van der Waals surface area contributed by atoms with Gasteiger partial charge in [-0.3, -0.25) is 9.78 Å². The molecule has 2 rings (SSSR count). The van der Waals surface area contributed by atoms with E-state index in [4.69, 9.17) is 5.73 Å².